The summed E-state index contributed by atoms with van der Waals surface area (Å²) in [6.07, 6.45) is 4.44. The van der Waals surface area contributed by atoms with Gasteiger partial charge >= 0.3 is 0 Å². The summed E-state index contributed by atoms with van der Waals surface area (Å²) in [5.41, 5.74) is 4.50. The second-order valence-corrected chi connectivity index (χ2v) is 9.03. The predicted molar refractivity (Wildman–Crippen MR) is 143 cm³/mol. The van der Waals surface area contributed by atoms with Crippen LogP contribution in [0.3, 0.4) is 0 Å². The minimum Gasteiger partial charge on any atom is -0.354 e. The van der Waals surface area contributed by atoms with Crippen molar-refractivity contribution in [3.63, 3.8) is 0 Å². The van der Waals surface area contributed by atoms with E-state index in [2.05, 4.69) is 43.4 Å². The lowest BCUT2D eigenvalue weighted by molar-refractivity contribution is -0.141. The first-order chi connectivity index (χ1) is 17.1. The molecule has 0 saturated heterocycles. The van der Waals surface area contributed by atoms with Crippen LogP contribution in [-0.4, -0.2) is 29.3 Å². The zero-order valence-electron chi connectivity index (χ0n) is 21.1. The lowest BCUT2D eigenvalue weighted by Crippen LogP contribution is -2.50. The number of nitrogens with one attached hydrogen (secondary N) is 1. The van der Waals surface area contributed by atoms with Crippen LogP contribution in [0.4, 0.5) is 0 Å². The van der Waals surface area contributed by atoms with Crippen LogP contribution in [0.2, 0.25) is 0 Å². The fourth-order valence-electron chi connectivity index (χ4n) is 4.18. The minimum atomic E-state index is -0.565. The molecule has 0 spiro atoms. The van der Waals surface area contributed by atoms with Crippen LogP contribution >= 0.6 is 0 Å². The van der Waals surface area contributed by atoms with E-state index in [1.165, 1.54) is 5.56 Å². The summed E-state index contributed by atoms with van der Waals surface area (Å²) in [6, 6.07) is 27.8. The lowest BCUT2D eigenvalue weighted by Gasteiger charge is -2.31. The molecule has 0 heterocycles. The molecule has 0 aromatic heterocycles. The molecule has 0 radical (unpaired) electrons. The summed E-state index contributed by atoms with van der Waals surface area (Å²) >= 11 is 0. The number of rotatable bonds is 13. The maximum atomic E-state index is 13.7. The van der Waals surface area contributed by atoms with Crippen molar-refractivity contribution in [2.24, 2.45) is 0 Å². The zero-order valence-corrected chi connectivity index (χ0v) is 21.1. The Bertz CT molecular complexity index is 1030. The summed E-state index contributed by atoms with van der Waals surface area (Å²) in [7, 11) is 0. The third-order valence-corrected chi connectivity index (χ3v) is 6.36. The quantitative estimate of drug-likeness (QED) is 0.324. The zero-order chi connectivity index (χ0) is 24.9. The van der Waals surface area contributed by atoms with Gasteiger partial charge in [-0.05, 0) is 41.5 Å². The number of hydrogen-bond acceptors (Lipinski definition) is 2. The Kier molecular flexibility index (Phi) is 10.6. The molecule has 3 aromatic rings. The van der Waals surface area contributed by atoms with E-state index in [4.69, 9.17) is 0 Å². The molecule has 0 aliphatic rings. The van der Waals surface area contributed by atoms with Crippen molar-refractivity contribution in [1.82, 2.24) is 10.2 Å². The molecule has 0 aliphatic carbocycles. The predicted octanol–water partition coefficient (Wildman–Crippen LogP) is 5.74. The fourth-order valence-corrected chi connectivity index (χ4v) is 4.18. The molecule has 184 valence electrons. The number of amides is 2. The number of aryl methyl sites for hydroxylation is 2. The van der Waals surface area contributed by atoms with Crippen LogP contribution in [0, 0.1) is 0 Å². The van der Waals surface area contributed by atoms with Crippen LogP contribution in [-0.2, 0) is 35.4 Å². The second-order valence-electron chi connectivity index (χ2n) is 9.03. The van der Waals surface area contributed by atoms with E-state index in [1.807, 2.05) is 60.7 Å². The SMILES string of the molecule is CCCCNC(=O)[C@H](Cc1ccccc1)N(Cc1ccccc1)C(=O)CCc1ccc(CC)cc1. The molecule has 1 atom stereocenters. The molecule has 4 heteroatoms. The molecule has 0 saturated carbocycles. The van der Waals surface area contributed by atoms with Crippen molar-refractivity contribution >= 4 is 11.8 Å². The third-order valence-electron chi connectivity index (χ3n) is 6.36. The van der Waals surface area contributed by atoms with Gasteiger partial charge in [0, 0.05) is 25.9 Å². The number of hydrogen-bond donors (Lipinski definition) is 1. The lowest BCUT2D eigenvalue weighted by atomic mass is 10.0. The Morgan fingerprint density at radius 3 is 1.97 bits per heavy atom. The molecule has 0 aliphatic heterocycles. The summed E-state index contributed by atoms with van der Waals surface area (Å²) in [5.74, 6) is -0.0844. The standard InChI is InChI=1S/C31H38N2O2/c1-3-5-22-32-31(35)29(23-27-12-8-6-9-13-27)33(24-28-14-10-7-11-15-28)30(34)21-20-26-18-16-25(4-2)17-19-26/h6-19,29H,3-5,20-24H2,1-2H3,(H,32,35)/t29-/m0/s1. The van der Waals surface area contributed by atoms with Gasteiger partial charge in [-0.25, -0.2) is 0 Å². The van der Waals surface area contributed by atoms with E-state index < -0.39 is 6.04 Å². The first-order valence-electron chi connectivity index (χ1n) is 12.8. The van der Waals surface area contributed by atoms with Gasteiger partial charge in [-0.1, -0.05) is 105 Å². The first kappa shape index (κ1) is 26.2. The molecule has 35 heavy (non-hydrogen) atoms. The monoisotopic (exact) mass is 470 g/mol. The Morgan fingerprint density at radius 1 is 0.771 bits per heavy atom. The molecule has 3 aromatic carbocycles. The molecule has 3 rings (SSSR count). The number of benzene rings is 3. The summed E-state index contributed by atoms with van der Waals surface area (Å²) in [4.78, 5) is 28.8. The second kappa shape index (κ2) is 14.1. The Labute approximate surface area is 210 Å². The van der Waals surface area contributed by atoms with Gasteiger partial charge in [0.1, 0.15) is 6.04 Å². The Morgan fingerprint density at radius 2 is 1.37 bits per heavy atom. The summed E-state index contributed by atoms with van der Waals surface area (Å²) in [6.45, 7) is 5.27. The van der Waals surface area contributed by atoms with E-state index in [1.54, 1.807) is 4.90 Å². The van der Waals surface area contributed by atoms with E-state index in [0.29, 0.717) is 32.4 Å². The van der Waals surface area contributed by atoms with Crippen LogP contribution in [0.1, 0.15) is 55.4 Å². The smallest absolute Gasteiger partial charge is 0.243 e. The highest BCUT2D eigenvalue weighted by Gasteiger charge is 2.30. The number of carbonyl (C=O) groups excluding carboxylic acids is 2. The highest BCUT2D eigenvalue weighted by molar-refractivity contribution is 5.88. The van der Waals surface area contributed by atoms with Crippen molar-refractivity contribution in [2.45, 2.75) is 65.0 Å². The van der Waals surface area contributed by atoms with Crippen molar-refractivity contribution in [3.8, 4) is 0 Å². The van der Waals surface area contributed by atoms with E-state index in [-0.39, 0.29) is 11.8 Å². The highest BCUT2D eigenvalue weighted by Crippen LogP contribution is 2.17. The van der Waals surface area contributed by atoms with Gasteiger partial charge < -0.3 is 10.2 Å². The fraction of sp³-hybridized carbons (Fsp3) is 0.355. The van der Waals surface area contributed by atoms with E-state index in [0.717, 1.165) is 36.0 Å². The van der Waals surface area contributed by atoms with Crippen molar-refractivity contribution in [3.05, 3.63) is 107 Å². The number of unbranched alkanes of at least 4 members (excludes halogenated alkanes) is 1. The number of carbonyl (C=O) groups is 2. The van der Waals surface area contributed by atoms with Gasteiger partial charge in [-0.3, -0.25) is 9.59 Å². The average molecular weight is 471 g/mol. The van der Waals surface area contributed by atoms with Crippen LogP contribution < -0.4 is 5.32 Å². The van der Waals surface area contributed by atoms with Crippen LogP contribution in [0.15, 0.2) is 84.9 Å². The highest BCUT2D eigenvalue weighted by atomic mass is 16.2. The Hall–Kier alpha value is -3.40. The molecule has 0 fully saturated rings. The molecule has 0 unspecified atom stereocenters. The molecule has 2 amide bonds. The maximum Gasteiger partial charge on any atom is 0.243 e. The molecule has 0 bridgehead atoms. The Balaban J connectivity index is 1.83. The van der Waals surface area contributed by atoms with Gasteiger partial charge in [0.2, 0.25) is 11.8 Å². The van der Waals surface area contributed by atoms with Gasteiger partial charge in [-0.2, -0.15) is 0 Å². The number of nitrogens with zero attached hydrogens (tertiary/aromatic N) is 1. The maximum absolute atomic E-state index is 13.7. The van der Waals surface area contributed by atoms with E-state index in [9.17, 15) is 9.59 Å². The molecular formula is C31H38N2O2. The van der Waals surface area contributed by atoms with Crippen LogP contribution in [0.25, 0.3) is 0 Å². The molecule has 4 nitrogen and oxygen atoms in total. The topological polar surface area (TPSA) is 49.4 Å². The van der Waals surface area contributed by atoms with Gasteiger partial charge in [0.25, 0.3) is 0 Å². The van der Waals surface area contributed by atoms with Crippen molar-refractivity contribution < 1.29 is 9.59 Å². The largest absolute Gasteiger partial charge is 0.354 e. The summed E-state index contributed by atoms with van der Waals surface area (Å²) < 4.78 is 0. The van der Waals surface area contributed by atoms with Crippen molar-refractivity contribution in [2.75, 3.05) is 6.54 Å². The van der Waals surface area contributed by atoms with Gasteiger partial charge in [-0.15, -0.1) is 0 Å². The van der Waals surface area contributed by atoms with Crippen LogP contribution in [0.5, 0.6) is 0 Å². The van der Waals surface area contributed by atoms with Crippen molar-refractivity contribution in [1.29, 1.82) is 0 Å². The first-order valence-corrected chi connectivity index (χ1v) is 12.8. The minimum absolute atomic E-state index is 0.00000577. The summed E-state index contributed by atoms with van der Waals surface area (Å²) in [5, 5.41) is 3.08. The third kappa shape index (κ3) is 8.40. The molecular weight excluding hydrogens is 432 g/mol. The van der Waals surface area contributed by atoms with E-state index >= 15 is 0 Å². The molecule has 1 N–H and O–H groups in total. The van der Waals surface area contributed by atoms with Gasteiger partial charge in [0.05, 0.1) is 0 Å². The van der Waals surface area contributed by atoms with Gasteiger partial charge in [0.15, 0.2) is 0 Å². The average Bonchev–Trinajstić information content (AvgIpc) is 2.90. The normalized spacial score (nSPS) is 11.6.